The van der Waals surface area contributed by atoms with Crippen molar-refractivity contribution in [2.45, 2.75) is 19.6 Å². The van der Waals surface area contributed by atoms with Crippen LogP contribution in [0.25, 0.3) is 0 Å². The van der Waals surface area contributed by atoms with E-state index in [4.69, 9.17) is 4.43 Å². The molecule has 0 aliphatic rings. The molecule has 0 saturated carbocycles. The van der Waals surface area contributed by atoms with Crippen molar-refractivity contribution in [2.24, 2.45) is 0 Å². The number of esters is 1. The molecule has 0 rings (SSSR count). The van der Waals surface area contributed by atoms with Crippen molar-refractivity contribution in [3.63, 3.8) is 0 Å². The molecule has 0 fully saturated rings. The van der Waals surface area contributed by atoms with Gasteiger partial charge < -0.3 is 9.16 Å². The molecule has 6 heteroatoms. The van der Waals surface area contributed by atoms with E-state index >= 15 is 0 Å². The van der Waals surface area contributed by atoms with Gasteiger partial charge >= 0.3 is 12.0 Å². The Bertz CT molecular complexity index is 228. The number of hydrogen-bond donors (Lipinski definition) is 0. The molecule has 0 aliphatic heterocycles. The van der Waals surface area contributed by atoms with Crippen molar-refractivity contribution < 1.29 is 22.7 Å². The van der Waals surface area contributed by atoms with Crippen molar-refractivity contribution in [3.05, 3.63) is 11.8 Å². The van der Waals surface area contributed by atoms with E-state index in [2.05, 4.69) is 4.74 Å². The Hall–Kier alpha value is -0.913. The van der Waals surface area contributed by atoms with Gasteiger partial charge in [-0.15, -0.1) is 0 Å². The fourth-order valence-electron chi connectivity index (χ4n) is 0.556. The highest BCUT2D eigenvalue weighted by Gasteiger charge is 2.26. The van der Waals surface area contributed by atoms with Crippen molar-refractivity contribution >= 4 is 14.3 Å². The van der Waals surface area contributed by atoms with Crippen LogP contribution in [0, 0.1) is 0 Å². The number of halogens is 2. The Morgan fingerprint density at radius 2 is 1.69 bits per heavy atom. The van der Waals surface area contributed by atoms with E-state index in [1.165, 1.54) is 0 Å². The van der Waals surface area contributed by atoms with E-state index in [9.17, 15) is 13.6 Å². The van der Waals surface area contributed by atoms with Gasteiger partial charge in [-0.05, 0) is 19.6 Å². The third kappa shape index (κ3) is 4.61. The molecule has 0 spiro atoms. The zero-order chi connectivity index (χ0) is 10.6. The van der Waals surface area contributed by atoms with E-state index < -0.39 is 26.1 Å². The van der Waals surface area contributed by atoms with Crippen LogP contribution < -0.4 is 0 Å². The average Bonchev–Trinajstić information content (AvgIpc) is 1.96. The summed E-state index contributed by atoms with van der Waals surface area (Å²) in [6, 6.07) is 0. The molecular weight excluding hydrogens is 198 g/mol. The predicted octanol–water partition coefficient (Wildman–Crippen LogP) is 2.12. The molecule has 0 aliphatic carbocycles. The number of ether oxygens (including phenoxy) is 1. The lowest BCUT2D eigenvalue weighted by Gasteiger charge is -2.19. The lowest BCUT2D eigenvalue weighted by Crippen LogP contribution is -2.28. The Morgan fingerprint density at radius 1 is 1.23 bits per heavy atom. The van der Waals surface area contributed by atoms with Gasteiger partial charge in [-0.2, -0.15) is 8.78 Å². The van der Waals surface area contributed by atoms with Gasteiger partial charge in [0.15, 0.2) is 0 Å². The molecule has 0 atom stereocenters. The van der Waals surface area contributed by atoms with Crippen LogP contribution in [-0.4, -0.2) is 21.4 Å². The second-order valence-corrected chi connectivity index (χ2v) is 7.72. The minimum atomic E-state index is -2.20. The lowest BCUT2D eigenvalue weighted by molar-refractivity contribution is -0.139. The quantitative estimate of drug-likeness (QED) is 0.310. The number of carbonyl (C=O) groups is 1. The zero-order valence-electron chi connectivity index (χ0n) is 7.98. The molecule has 0 radical (unpaired) electrons. The summed E-state index contributed by atoms with van der Waals surface area (Å²) in [5, 5.41) is 0. The predicted molar refractivity (Wildman–Crippen MR) is 45.7 cm³/mol. The first-order valence-electron chi connectivity index (χ1n) is 3.60. The maximum absolute atomic E-state index is 12.1. The first-order valence-corrected chi connectivity index (χ1v) is 7.01. The van der Waals surface area contributed by atoms with Gasteiger partial charge in [-0.1, -0.05) is 0 Å². The minimum absolute atomic E-state index is 0.971. The highest BCUT2D eigenvalue weighted by atomic mass is 28.4. The Balaban J connectivity index is 4.68. The van der Waals surface area contributed by atoms with E-state index in [1.54, 1.807) is 19.6 Å². The van der Waals surface area contributed by atoms with Crippen LogP contribution in [-0.2, 0) is 14.0 Å². The van der Waals surface area contributed by atoms with Crippen LogP contribution in [0.3, 0.4) is 0 Å². The monoisotopic (exact) mass is 210 g/mol. The molecule has 3 nitrogen and oxygen atoms in total. The smallest absolute Gasteiger partial charge is 0.377 e. The zero-order valence-corrected chi connectivity index (χ0v) is 8.98. The van der Waals surface area contributed by atoms with Gasteiger partial charge in [0.05, 0.1) is 7.11 Å². The number of rotatable bonds is 3. The molecule has 0 heterocycles. The van der Waals surface area contributed by atoms with Crippen molar-refractivity contribution in [1.82, 2.24) is 0 Å². The Kier molecular flexibility index (Phi) is 4.05. The lowest BCUT2D eigenvalue weighted by atomic mass is 10.6. The summed E-state index contributed by atoms with van der Waals surface area (Å²) in [6.07, 6.45) is -2.14. The van der Waals surface area contributed by atoms with Crippen LogP contribution >= 0.6 is 0 Å². The van der Waals surface area contributed by atoms with E-state index in [0.29, 0.717) is 0 Å². The topological polar surface area (TPSA) is 35.5 Å². The molecule has 0 bridgehead atoms. The van der Waals surface area contributed by atoms with Gasteiger partial charge in [-0.3, -0.25) is 0 Å². The molecular formula is C7H12F2O3Si. The summed E-state index contributed by atoms with van der Waals surface area (Å²) in [7, 11) is -1.17. The fourth-order valence-corrected chi connectivity index (χ4v) is 1.33. The Morgan fingerprint density at radius 3 is 1.92 bits per heavy atom. The fraction of sp³-hybridized carbons (Fsp3) is 0.571. The van der Waals surface area contributed by atoms with Crippen LogP contribution in [0.4, 0.5) is 8.78 Å². The van der Waals surface area contributed by atoms with Crippen molar-refractivity contribution in [1.29, 1.82) is 0 Å². The van der Waals surface area contributed by atoms with E-state index in [1.807, 2.05) is 0 Å². The maximum Gasteiger partial charge on any atom is 0.377 e. The maximum atomic E-state index is 12.1. The van der Waals surface area contributed by atoms with Crippen LogP contribution in [0.5, 0.6) is 0 Å². The highest BCUT2D eigenvalue weighted by molar-refractivity contribution is 6.70. The molecule has 0 unspecified atom stereocenters. The second kappa shape index (κ2) is 4.36. The number of carbonyl (C=O) groups excluding carboxylic acids is 1. The summed E-state index contributed by atoms with van der Waals surface area (Å²) in [5.74, 6) is -2.11. The van der Waals surface area contributed by atoms with E-state index in [0.717, 1.165) is 7.11 Å². The third-order valence-electron chi connectivity index (χ3n) is 0.951. The first kappa shape index (κ1) is 12.1. The third-order valence-corrected chi connectivity index (χ3v) is 1.77. The average molecular weight is 210 g/mol. The summed E-state index contributed by atoms with van der Waals surface area (Å²) in [5.41, 5.74) is 0. The molecule has 13 heavy (non-hydrogen) atoms. The largest absolute Gasteiger partial charge is 0.536 e. The second-order valence-electron chi connectivity index (χ2n) is 3.30. The standard InChI is InChI=1S/C7H12F2O3Si/c1-11-7(10)5(6(8)9)12-13(2,3)4/h1-4H3. The molecule has 0 aromatic heterocycles. The summed E-state index contributed by atoms with van der Waals surface area (Å²) in [4.78, 5) is 10.8. The van der Waals surface area contributed by atoms with Crippen LogP contribution in [0.1, 0.15) is 0 Å². The van der Waals surface area contributed by atoms with Crippen molar-refractivity contribution in [2.75, 3.05) is 7.11 Å². The summed E-state index contributed by atoms with van der Waals surface area (Å²) in [6.45, 7) is 5.08. The molecule has 0 aromatic carbocycles. The number of methoxy groups -OCH3 is 1. The molecule has 0 N–H and O–H groups in total. The first-order chi connectivity index (χ1) is 5.78. The van der Waals surface area contributed by atoms with Gasteiger partial charge in [0.1, 0.15) is 0 Å². The van der Waals surface area contributed by atoms with E-state index in [-0.39, 0.29) is 0 Å². The molecule has 0 aromatic rings. The highest BCUT2D eigenvalue weighted by Crippen LogP contribution is 2.17. The molecule has 0 amide bonds. The van der Waals surface area contributed by atoms with Gasteiger partial charge in [-0.25, -0.2) is 4.79 Å². The summed E-state index contributed by atoms with van der Waals surface area (Å²) < 4.78 is 33.3. The molecule has 0 saturated heterocycles. The summed E-state index contributed by atoms with van der Waals surface area (Å²) >= 11 is 0. The van der Waals surface area contributed by atoms with Crippen LogP contribution in [0.2, 0.25) is 19.6 Å². The normalized spacial score (nSPS) is 10.6. The van der Waals surface area contributed by atoms with Crippen molar-refractivity contribution in [3.8, 4) is 0 Å². The minimum Gasteiger partial charge on any atom is -0.536 e. The molecule has 76 valence electrons. The Labute approximate surface area is 76.5 Å². The van der Waals surface area contributed by atoms with Gasteiger partial charge in [0.2, 0.25) is 8.32 Å². The van der Waals surface area contributed by atoms with Gasteiger partial charge in [0.25, 0.3) is 5.76 Å². The number of hydrogen-bond acceptors (Lipinski definition) is 3. The SMILES string of the molecule is COC(=O)C(O[Si](C)(C)C)=C(F)F. The van der Waals surface area contributed by atoms with Gasteiger partial charge in [0, 0.05) is 0 Å². The van der Waals surface area contributed by atoms with Crippen LogP contribution in [0.15, 0.2) is 11.8 Å².